The van der Waals surface area contributed by atoms with E-state index in [0.29, 0.717) is 6.42 Å². The lowest BCUT2D eigenvalue weighted by molar-refractivity contribution is 0.0739. The zero-order valence-electron chi connectivity index (χ0n) is 13.2. The maximum absolute atomic E-state index is 13.4. The quantitative estimate of drug-likeness (QED) is 0.834. The van der Waals surface area contributed by atoms with Crippen molar-refractivity contribution in [2.24, 2.45) is 5.73 Å². The fourth-order valence-corrected chi connectivity index (χ4v) is 3.40. The van der Waals surface area contributed by atoms with E-state index < -0.39 is 6.23 Å². The Hall–Kier alpha value is -1.75. The van der Waals surface area contributed by atoms with E-state index in [-0.39, 0.29) is 11.9 Å². The summed E-state index contributed by atoms with van der Waals surface area (Å²) in [7, 11) is 0. The monoisotopic (exact) mass is 314 g/mol. The molecule has 3 N–H and O–H groups in total. The fraction of sp³-hybridized carbons (Fsp3) is 0.368. The van der Waals surface area contributed by atoms with Gasteiger partial charge in [0.1, 0.15) is 12.0 Å². The minimum absolute atomic E-state index is 0.0252. The third-order valence-electron chi connectivity index (χ3n) is 4.58. The van der Waals surface area contributed by atoms with Crippen molar-refractivity contribution in [3.05, 3.63) is 71.0 Å². The third kappa shape index (κ3) is 3.96. The second-order valence-corrected chi connectivity index (χ2v) is 6.25. The summed E-state index contributed by atoms with van der Waals surface area (Å²) in [6, 6.07) is 15.0. The predicted molar refractivity (Wildman–Crippen MR) is 89.3 cm³/mol. The number of aliphatic hydroxyl groups is 1. The average Bonchev–Trinajstić information content (AvgIpc) is 2.98. The highest BCUT2D eigenvalue weighted by Crippen LogP contribution is 2.24. The van der Waals surface area contributed by atoms with Crippen LogP contribution in [0.1, 0.15) is 29.5 Å². The van der Waals surface area contributed by atoms with E-state index in [0.717, 1.165) is 31.5 Å². The van der Waals surface area contributed by atoms with Crippen molar-refractivity contribution in [3.63, 3.8) is 0 Å². The Morgan fingerprint density at radius 2 is 1.96 bits per heavy atom. The normalized spacial score (nSPS) is 19.9. The molecule has 0 radical (unpaired) electrons. The predicted octanol–water partition coefficient (Wildman–Crippen LogP) is 2.66. The summed E-state index contributed by atoms with van der Waals surface area (Å²) in [5, 5.41) is 9.73. The molecule has 3 nitrogen and oxygen atoms in total. The average molecular weight is 314 g/mol. The van der Waals surface area contributed by atoms with Crippen LogP contribution in [0.2, 0.25) is 0 Å². The van der Waals surface area contributed by atoms with Crippen LogP contribution in [-0.2, 0) is 13.0 Å². The summed E-state index contributed by atoms with van der Waals surface area (Å²) in [5.74, 6) is -0.203. The van der Waals surface area contributed by atoms with Crippen LogP contribution in [0.3, 0.4) is 0 Å². The van der Waals surface area contributed by atoms with Crippen molar-refractivity contribution in [1.82, 2.24) is 4.90 Å². The standard InChI is InChI=1S/C19H23FN2O/c20-17-8-3-5-14(12-17)11-15-6-1-2-7-16(15)13-22-10-4-9-18(22)19(21)23/h1-3,5-8,12,18-19,23H,4,9-11,13,21H2. The van der Waals surface area contributed by atoms with Crippen LogP contribution in [0.4, 0.5) is 4.39 Å². The Morgan fingerprint density at radius 3 is 2.70 bits per heavy atom. The molecule has 2 aromatic carbocycles. The molecule has 0 aromatic heterocycles. The molecule has 0 aliphatic carbocycles. The first kappa shape index (κ1) is 16.1. The zero-order chi connectivity index (χ0) is 16.2. The van der Waals surface area contributed by atoms with E-state index in [1.165, 1.54) is 17.2 Å². The molecule has 0 bridgehead atoms. The van der Waals surface area contributed by atoms with E-state index in [1.54, 1.807) is 12.1 Å². The van der Waals surface area contributed by atoms with E-state index in [4.69, 9.17) is 5.73 Å². The first-order chi connectivity index (χ1) is 11.1. The molecule has 2 atom stereocenters. The van der Waals surface area contributed by atoms with E-state index >= 15 is 0 Å². The Morgan fingerprint density at radius 1 is 1.17 bits per heavy atom. The van der Waals surface area contributed by atoms with Gasteiger partial charge in [-0.2, -0.15) is 0 Å². The maximum Gasteiger partial charge on any atom is 0.123 e. The molecule has 2 aromatic rings. The molecule has 1 fully saturated rings. The first-order valence-electron chi connectivity index (χ1n) is 8.12. The van der Waals surface area contributed by atoms with Crippen LogP contribution >= 0.6 is 0 Å². The van der Waals surface area contributed by atoms with Gasteiger partial charge in [-0.3, -0.25) is 4.90 Å². The molecule has 1 aliphatic rings. The second kappa shape index (κ2) is 7.21. The number of nitrogens with zero attached hydrogens (tertiary/aromatic N) is 1. The van der Waals surface area contributed by atoms with Crippen LogP contribution < -0.4 is 5.73 Å². The molecule has 4 heteroatoms. The SMILES string of the molecule is NC(O)C1CCCN1Cc1ccccc1Cc1cccc(F)c1. The first-order valence-corrected chi connectivity index (χ1v) is 8.12. The molecule has 1 saturated heterocycles. The van der Waals surface area contributed by atoms with E-state index in [9.17, 15) is 9.50 Å². The summed E-state index contributed by atoms with van der Waals surface area (Å²) < 4.78 is 13.4. The molecular formula is C19H23FN2O. The molecule has 1 aliphatic heterocycles. The molecule has 0 saturated carbocycles. The molecule has 23 heavy (non-hydrogen) atoms. The number of aliphatic hydroxyl groups excluding tert-OH is 1. The van der Waals surface area contributed by atoms with Crippen LogP contribution in [-0.4, -0.2) is 28.8 Å². The van der Waals surface area contributed by atoms with E-state index in [1.807, 2.05) is 18.2 Å². The summed E-state index contributed by atoms with van der Waals surface area (Å²) in [5.41, 5.74) is 9.06. The van der Waals surface area contributed by atoms with Crippen LogP contribution in [0.15, 0.2) is 48.5 Å². The number of hydrogen-bond donors (Lipinski definition) is 2. The van der Waals surface area contributed by atoms with Crippen molar-refractivity contribution < 1.29 is 9.50 Å². The van der Waals surface area contributed by atoms with Gasteiger partial charge in [0.2, 0.25) is 0 Å². The summed E-state index contributed by atoms with van der Waals surface area (Å²) in [6.45, 7) is 1.72. The molecule has 0 amide bonds. The van der Waals surface area contributed by atoms with E-state index in [2.05, 4.69) is 17.0 Å². The zero-order valence-corrected chi connectivity index (χ0v) is 13.2. The number of benzene rings is 2. The Bertz CT molecular complexity index is 659. The van der Waals surface area contributed by atoms with Gasteiger partial charge in [0.15, 0.2) is 0 Å². The van der Waals surface area contributed by atoms with Gasteiger partial charge in [0, 0.05) is 12.6 Å². The fourth-order valence-electron chi connectivity index (χ4n) is 3.40. The van der Waals surface area contributed by atoms with Gasteiger partial charge in [-0.1, -0.05) is 36.4 Å². The van der Waals surface area contributed by atoms with Crippen LogP contribution in [0.25, 0.3) is 0 Å². The summed E-state index contributed by atoms with van der Waals surface area (Å²) >= 11 is 0. The number of rotatable bonds is 5. The Balaban J connectivity index is 1.78. The molecule has 1 heterocycles. The highest BCUT2D eigenvalue weighted by atomic mass is 19.1. The smallest absolute Gasteiger partial charge is 0.123 e. The maximum atomic E-state index is 13.4. The van der Waals surface area contributed by atoms with Gasteiger partial charge in [-0.05, 0) is 54.6 Å². The van der Waals surface area contributed by atoms with Crippen molar-refractivity contribution in [2.45, 2.75) is 38.1 Å². The van der Waals surface area contributed by atoms with Gasteiger partial charge < -0.3 is 10.8 Å². The highest BCUT2D eigenvalue weighted by molar-refractivity contribution is 5.33. The van der Waals surface area contributed by atoms with Gasteiger partial charge in [-0.15, -0.1) is 0 Å². The number of halogens is 1. The second-order valence-electron chi connectivity index (χ2n) is 6.25. The summed E-state index contributed by atoms with van der Waals surface area (Å²) in [6.07, 6.45) is 1.90. The number of nitrogens with two attached hydrogens (primary N) is 1. The minimum atomic E-state index is -0.798. The number of hydrogen-bond acceptors (Lipinski definition) is 3. The molecule has 0 spiro atoms. The lowest BCUT2D eigenvalue weighted by atomic mass is 9.99. The van der Waals surface area contributed by atoms with Crippen molar-refractivity contribution >= 4 is 0 Å². The van der Waals surface area contributed by atoms with Crippen molar-refractivity contribution in [3.8, 4) is 0 Å². The van der Waals surface area contributed by atoms with Gasteiger partial charge in [0.25, 0.3) is 0 Å². The molecule has 3 rings (SSSR count). The Labute approximate surface area is 136 Å². The largest absolute Gasteiger partial charge is 0.377 e. The summed E-state index contributed by atoms with van der Waals surface area (Å²) in [4.78, 5) is 2.25. The highest BCUT2D eigenvalue weighted by Gasteiger charge is 2.28. The molecular weight excluding hydrogens is 291 g/mol. The molecule has 2 unspecified atom stereocenters. The lowest BCUT2D eigenvalue weighted by Gasteiger charge is -2.27. The van der Waals surface area contributed by atoms with Gasteiger partial charge in [-0.25, -0.2) is 4.39 Å². The molecule has 122 valence electrons. The Kier molecular flexibility index (Phi) is 5.06. The van der Waals surface area contributed by atoms with Crippen molar-refractivity contribution in [1.29, 1.82) is 0 Å². The van der Waals surface area contributed by atoms with Crippen LogP contribution in [0, 0.1) is 5.82 Å². The van der Waals surface area contributed by atoms with Crippen LogP contribution in [0.5, 0.6) is 0 Å². The number of likely N-dealkylation sites (tertiary alicyclic amines) is 1. The topological polar surface area (TPSA) is 49.5 Å². The van der Waals surface area contributed by atoms with Gasteiger partial charge >= 0.3 is 0 Å². The third-order valence-corrected chi connectivity index (χ3v) is 4.58. The lowest BCUT2D eigenvalue weighted by Crippen LogP contribution is -2.43. The van der Waals surface area contributed by atoms with Gasteiger partial charge in [0.05, 0.1) is 0 Å². The van der Waals surface area contributed by atoms with Crippen molar-refractivity contribution in [2.75, 3.05) is 6.54 Å². The minimum Gasteiger partial charge on any atom is -0.377 e.